The normalized spacial score (nSPS) is 25.6. The number of nitrogens with one attached hydrogen (secondary N) is 1. The van der Waals surface area contributed by atoms with Crippen molar-refractivity contribution in [2.24, 2.45) is 12.0 Å². The molecule has 140 valence electrons. The first kappa shape index (κ1) is 18.2. The fourth-order valence-electron chi connectivity index (χ4n) is 3.68. The number of hydrogen-bond acceptors (Lipinski definition) is 4. The number of guanidine groups is 1. The molecule has 1 aromatic heterocycles. The van der Waals surface area contributed by atoms with E-state index in [9.17, 15) is 0 Å². The van der Waals surface area contributed by atoms with Crippen LogP contribution in [0, 0.1) is 0 Å². The average molecular weight is 348 g/mol. The minimum atomic E-state index is 0.494. The average Bonchev–Trinajstić information content (AvgIpc) is 3.24. The Balaban J connectivity index is 1.55. The molecule has 0 saturated carbocycles. The number of nitrogens with zero attached hydrogens (tertiary/aromatic N) is 5. The monoisotopic (exact) mass is 348 g/mol. The van der Waals surface area contributed by atoms with Gasteiger partial charge in [0.1, 0.15) is 0 Å². The van der Waals surface area contributed by atoms with Crippen LogP contribution in [0.4, 0.5) is 0 Å². The van der Waals surface area contributed by atoms with Crippen molar-refractivity contribution in [2.75, 3.05) is 52.5 Å². The number of aliphatic imine (C=N–C) groups is 1. The number of rotatable bonds is 5. The Labute approximate surface area is 151 Å². The molecule has 2 fully saturated rings. The molecule has 2 saturated heterocycles. The third-order valence-electron chi connectivity index (χ3n) is 5.17. The quantitative estimate of drug-likeness (QED) is 0.633. The van der Waals surface area contributed by atoms with E-state index in [-0.39, 0.29) is 0 Å². The molecule has 2 aliphatic rings. The molecule has 7 heteroatoms. The highest BCUT2D eigenvalue weighted by molar-refractivity contribution is 5.80. The van der Waals surface area contributed by atoms with Crippen LogP contribution >= 0.6 is 0 Å². The zero-order valence-electron chi connectivity index (χ0n) is 15.8. The number of hydrogen-bond donors (Lipinski definition) is 1. The van der Waals surface area contributed by atoms with Gasteiger partial charge in [-0.25, -0.2) is 0 Å². The molecule has 0 aliphatic carbocycles. The summed E-state index contributed by atoms with van der Waals surface area (Å²) in [6, 6.07) is 0.494. The van der Waals surface area contributed by atoms with E-state index < -0.39 is 0 Å². The zero-order chi connectivity index (χ0) is 17.6. The molecule has 3 rings (SSSR count). The predicted octanol–water partition coefficient (Wildman–Crippen LogP) is 0.896. The Morgan fingerprint density at radius 3 is 3.04 bits per heavy atom. The summed E-state index contributed by atoms with van der Waals surface area (Å²) in [7, 11) is 1.98. The van der Waals surface area contributed by atoms with Gasteiger partial charge in [0.15, 0.2) is 5.96 Å². The lowest BCUT2D eigenvalue weighted by atomic mass is 10.0. The van der Waals surface area contributed by atoms with E-state index in [1.54, 1.807) is 0 Å². The van der Waals surface area contributed by atoms with E-state index in [4.69, 9.17) is 9.73 Å². The van der Waals surface area contributed by atoms with Crippen LogP contribution in [0.5, 0.6) is 0 Å². The van der Waals surface area contributed by atoms with Crippen molar-refractivity contribution in [1.29, 1.82) is 0 Å². The summed E-state index contributed by atoms with van der Waals surface area (Å²) in [5, 5.41) is 7.78. The number of likely N-dealkylation sites (tertiary alicyclic amines) is 1. The van der Waals surface area contributed by atoms with Crippen molar-refractivity contribution in [3.63, 3.8) is 0 Å². The molecular weight excluding hydrogens is 316 g/mol. The Morgan fingerprint density at radius 1 is 1.44 bits per heavy atom. The third kappa shape index (κ3) is 4.73. The molecule has 1 aromatic rings. The summed E-state index contributed by atoms with van der Waals surface area (Å²) in [5.41, 5.74) is 1.34. The van der Waals surface area contributed by atoms with Crippen molar-refractivity contribution in [3.8, 4) is 0 Å². The van der Waals surface area contributed by atoms with Crippen LogP contribution in [0.2, 0.25) is 0 Å². The van der Waals surface area contributed by atoms with Crippen LogP contribution in [0.25, 0.3) is 0 Å². The smallest absolute Gasteiger partial charge is 0.193 e. The highest BCUT2D eigenvalue weighted by atomic mass is 16.5. The minimum Gasteiger partial charge on any atom is -0.379 e. The molecule has 0 aromatic carbocycles. The molecule has 0 radical (unpaired) electrons. The first-order chi connectivity index (χ1) is 12.2. The lowest BCUT2D eigenvalue weighted by Crippen LogP contribution is -2.45. The molecule has 2 aliphatic heterocycles. The van der Waals surface area contributed by atoms with Gasteiger partial charge >= 0.3 is 0 Å². The topological polar surface area (TPSA) is 57.9 Å². The Bertz CT molecular complexity index is 572. The summed E-state index contributed by atoms with van der Waals surface area (Å²) in [6.45, 7) is 11.9. The second kappa shape index (κ2) is 8.67. The summed E-state index contributed by atoms with van der Waals surface area (Å²) in [5.74, 6) is 1.60. The third-order valence-corrected chi connectivity index (χ3v) is 5.17. The van der Waals surface area contributed by atoms with Gasteiger partial charge in [-0.2, -0.15) is 5.10 Å². The maximum Gasteiger partial charge on any atom is 0.193 e. The SMILES string of the molecule is CCNC(=NCCN1CCOCC1C)N1CCC(c2cnn(C)c2)C1. The van der Waals surface area contributed by atoms with Crippen molar-refractivity contribution >= 4 is 5.96 Å². The molecule has 25 heavy (non-hydrogen) atoms. The van der Waals surface area contributed by atoms with E-state index in [1.807, 2.05) is 17.9 Å². The van der Waals surface area contributed by atoms with Gasteiger partial charge in [-0.05, 0) is 25.8 Å². The lowest BCUT2D eigenvalue weighted by molar-refractivity contribution is 0.00139. The molecule has 1 N–H and O–H groups in total. The van der Waals surface area contributed by atoms with Gasteiger partial charge < -0.3 is 15.0 Å². The largest absolute Gasteiger partial charge is 0.379 e. The van der Waals surface area contributed by atoms with Gasteiger partial charge in [-0.1, -0.05) is 0 Å². The van der Waals surface area contributed by atoms with Gasteiger partial charge in [-0.15, -0.1) is 0 Å². The summed E-state index contributed by atoms with van der Waals surface area (Å²) in [4.78, 5) is 9.75. The highest BCUT2D eigenvalue weighted by Crippen LogP contribution is 2.26. The van der Waals surface area contributed by atoms with Crippen molar-refractivity contribution in [3.05, 3.63) is 18.0 Å². The Kier molecular flexibility index (Phi) is 6.31. The number of aryl methyl sites for hydroxylation is 1. The molecule has 7 nitrogen and oxygen atoms in total. The maximum absolute atomic E-state index is 5.51. The van der Waals surface area contributed by atoms with Gasteiger partial charge in [-0.3, -0.25) is 14.6 Å². The first-order valence-electron chi connectivity index (χ1n) is 9.51. The standard InChI is InChI=1S/C18H32N6O/c1-4-19-18(20-6-8-23-9-10-25-14-15(23)2)24-7-5-16(13-24)17-11-21-22(3)12-17/h11-12,15-16H,4-10,13-14H2,1-3H3,(H,19,20). The Morgan fingerprint density at radius 2 is 2.32 bits per heavy atom. The minimum absolute atomic E-state index is 0.494. The van der Waals surface area contributed by atoms with Crippen LogP contribution in [-0.4, -0.2) is 84.1 Å². The summed E-state index contributed by atoms with van der Waals surface area (Å²) < 4.78 is 7.40. The van der Waals surface area contributed by atoms with Crippen LogP contribution < -0.4 is 5.32 Å². The van der Waals surface area contributed by atoms with Gasteiger partial charge in [0.25, 0.3) is 0 Å². The number of aromatic nitrogens is 2. The van der Waals surface area contributed by atoms with E-state index in [0.717, 1.165) is 64.9 Å². The molecule has 0 amide bonds. The van der Waals surface area contributed by atoms with E-state index >= 15 is 0 Å². The number of ether oxygens (including phenoxy) is 1. The van der Waals surface area contributed by atoms with Gasteiger partial charge in [0, 0.05) is 57.9 Å². The fourth-order valence-corrected chi connectivity index (χ4v) is 3.68. The van der Waals surface area contributed by atoms with Crippen LogP contribution in [-0.2, 0) is 11.8 Å². The molecule has 2 atom stereocenters. The van der Waals surface area contributed by atoms with Gasteiger partial charge in [0.2, 0.25) is 0 Å². The maximum atomic E-state index is 5.51. The fraction of sp³-hybridized carbons (Fsp3) is 0.778. The molecule has 3 heterocycles. The van der Waals surface area contributed by atoms with Crippen molar-refractivity contribution in [1.82, 2.24) is 24.9 Å². The highest BCUT2D eigenvalue weighted by Gasteiger charge is 2.27. The van der Waals surface area contributed by atoms with Gasteiger partial charge in [0.05, 0.1) is 26.0 Å². The second-order valence-corrected chi connectivity index (χ2v) is 7.07. The number of morpholine rings is 1. The van der Waals surface area contributed by atoms with Crippen LogP contribution in [0.3, 0.4) is 0 Å². The molecule has 2 unspecified atom stereocenters. The predicted molar refractivity (Wildman–Crippen MR) is 100.0 cm³/mol. The van der Waals surface area contributed by atoms with E-state index in [1.165, 1.54) is 5.56 Å². The van der Waals surface area contributed by atoms with Crippen molar-refractivity contribution in [2.45, 2.75) is 32.2 Å². The van der Waals surface area contributed by atoms with Crippen LogP contribution in [0.1, 0.15) is 31.7 Å². The van der Waals surface area contributed by atoms with E-state index in [2.05, 4.69) is 40.3 Å². The summed E-state index contributed by atoms with van der Waals surface area (Å²) >= 11 is 0. The van der Waals surface area contributed by atoms with Crippen LogP contribution in [0.15, 0.2) is 17.4 Å². The zero-order valence-corrected chi connectivity index (χ0v) is 15.8. The Hall–Kier alpha value is -1.60. The molecule has 0 bridgehead atoms. The lowest BCUT2D eigenvalue weighted by Gasteiger charge is -2.32. The first-order valence-corrected chi connectivity index (χ1v) is 9.51. The van der Waals surface area contributed by atoms with Crippen molar-refractivity contribution < 1.29 is 4.74 Å². The van der Waals surface area contributed by atoms with E-state index in [0.29, 0.717) is 12.0 Å². The second-order valence-electron chi connectivity index (χ2n) is 7.07. The molecule has 0 spiro atoms. The molecular formula is C18H32N6O. The summed E-state index contributed by atoms with van der Waals surface area (Å²) in [6.07, 6.45) is 5.30.